The van der Waals surface area contributed by atoms with E-state index < -0.39 is 0 Å². The van der Waals surface area contributed by atoms with Crippen molar-refractivity contribution in [1.29, 1.82) is 0 Å². The Labute approximate surface area is 116 Å². The van der Waals surface area contributed by atoms with E-state index in [0.717, 1.165) is 19.5 Å². The Morgan fingerprint density at radius 2 is 1.79 bits per heavy atom. The lowest BCUT2D eigenvalue weighted by molar-refractivity contribution is -0.120. The highest BCUT2D eigenvalue weighted by atomic mass is 16.1. The van der Waals surface area contributed by atoms with E-state index in [2.05, 4.69) is 29.7 Å². The van der Waals surface area contributed by atoms with Crippen molar-refractivity contribution in [2.24, 2.45) is 0 Å². The zero-order chi connectivity index (χ0) is 13.8. The van der Waals surface area contributed by atoms with Crippen molar-refractivity contribution in [3.63, 3.8) is 0 Å². The molecule has 19 heavy (non-hydrogen) atoms. The molecule has 2 N–H and O–H groups in total. The summed E-state index contributed by atoms with van der Waals surface area (Å²) in [5, 5.41) is 6.10. The van der Waals surface area contributed by atoms with E-state index in [-0.39, 0.29) is 5.91 Å². The summed E-state index contributed by atoms with van der Waals surface area (Å²) in [5.41, 5.74) is 1.20. The van der Waals surface area contributed by atoms with Crippen LogP contribution < -0.4 is 10.6 Å². The standard InChI is InChI=1S/C16H26N2O/c1-2-3-4-5-9-12-18-16(19)14-17-13-15-10-7-6-8-11-15/h6-8,10-11,17H,2-5,9,12-14H2,1H3,(H,18,19). The first-order chi connectivity index (χ1) is 9.33. The maximum Gasteiger partial charge on any atom is 0.233 e. The Morgan fingerprint density at radius 1 is 1.05 bits per heavy atom. The molecule has 1 aromatic rings. The molecule has 1 rings (SSSR count). The Hall–Kier alpha value is -1.35. The first-order valence-electron chi connectivity index (χ1n) is 7.34. The van der Waals surface area contributed by atoms with Gasteiger partial charge < -0.3 is 10.6 Å². The molecule has 0 saturated heterocycles. The molecule has 0 bridgehead atoms. The molecule has 0 heterocycles. The summed E-state index contributed by atoms with van der Waals surface area (Å²) in [6.07, 6.45) is 6.14. The highest BCUT2D eigenvalue weighted by molar-refractivity contribution is 5.77. The van der Waals surface area contributed by atoms with E-state index >= 15 is 0 Å². The maximum atomic E-state index is 11.5. The molecule has 0 aliphatic heterocycles. The lowest BCUT2D eigenvalue weighted by Gasteiger charge is -2.06. The lowest BCUT2D eigenvalue weighted by Crippen LogP contribution is -2.34. The summed E-state index contributed by atoms with van der Waals surface area (Å²) < 4.78 is 0. The molecule has 106 valence electrons. The zero-order valence-corrected chi connectivity index (χ0v) is 12.0. The van der Waals surface area contributed by atoms with Gasteiger partial charge in [0.1, 0.15) is 0 Å². The normalized spacial score (nSPS) is 10.4. The van der Waals surface area contributed by atoms with Gasteiger partial charge in [0.25, 0.3) is 0 Å². The van der Waals surface area contributed by atoms with E-state index in [1.54, 1.807) is 0 Å². The molecule has 0 unspecified atom stereocenters. The van der Waals surface area contributed by atoms with Crippen LogP contribution in [0.1, 0.15) is 44.6 Å². The minimum atomic E-state index is 0.0893. The fourth-order valence-electron chi connectivity index (χ4n) is 1.94. The fourth-order valence-corrected chi connectivity index (χ4v) is 1.94. The van der Waals surface area contributed by atoms with Crippen LogP contribution in [0, 0.1) is 0 Å². The number of carbonyl (C=O) groups is 1. The van der Waals surface area contributed by atoms with Crippen LogP contribution in [0.2, 0.25) is 0 Å². The number of nitrogens with one attached hydrogen (secondary N) is 2. The van der Waals surface area contributed by atoms with E-state index in [9.17, 15) is 4.79 Å². The highest BCUT2D eigenvalue weighted by Gasteiger charge is 1.99. The number of amides is 1. The molecule has 0 aliphatic rings. The van der Waals surface area contributed by atoms with Gasteiger partial charge in [0.15, 0.2) is 0 Å². The summed E-state index contributed by atoms with van der Waals surface area (Å²) in [5.74, 6) is 0.0893. The van der Waals surface area contributed by atoms with Gasteiger partial charge in [-0.3, -0.25) is 4.79 Å². The van der Waals surface area contributed by atoms with Gasteiger partial charge in [0.05, 0.1) is 6.54 Å². The number of hydrogen-bond donors (Lipinski definition) is 2. The van der Waals surface area contributed by atoms with Crippen LogP contribution in [0.3, 0.4) is 0 Å². The Morgan fingerprint density at radius 3 is 2.53 bits per heavy atom. The van der Waals surface area contributed by atoms with E-state index in [0.29, 0.717) is 6.54 Å². The van der Waals surface area contributed by atoms with Crippen molar-refractivity contribution in [2.45, 2.75) is 45.6 Å². The van der Waals surface area contributed by atoms with Crippen LogP contribution in [0.25, 0.3) is 0 Å². The second-order valence-electron chi connectivity index (χ2n) is 4.85. The van der Waals surface area contributed by atoms with E-state index in [4.69, 9.17) is 0 Å². The van der Waals surface area contributed by atoms with Gasteiger partial charge in [-0.15, -0.1) is 0 Å². The van der Waals surface area contributed by atoms with Crippen LogP contribution in [-0.2, 0) is 11.3 Å². The van der Waals surface area contributed by atoms with Crippen molar-refractivity contribution in [2.75, 3.05) is 13.1 Å². The Bertz CT molecular complexity index is 338. The topological polar surface area (TPSA) is 41.1 Å². The third kappa shape index (κ3) is 8.38. The predicted molar refractivity (Wildman–Crippen MR) is 79.9 cm³/mol. The minimum absolute atomic E-state index is 0.0893. The average Bonchev–Trinajstić information content (AvgIpc) is 2.44. The molecular formula is C16H26N2O. The summed E-state index contributed by atoms with van der Waals surface area (Å²) >= 11 is 0. The molecular weight excluding hydrogens is 236 g/mol. The first-order valence-corrected chi connectivity index (χ1v) is 7.34. The van der Waals surface area contributed by atoms with Crippen LogP contribution in [0.5, 0.6) is 0 Å². The lowest BCUT2D eigenvalue weighted by atomic mass is 10.1. The molecule has 1 aromatic carbocycles. The summed E-state index contributed by atoms with van der Waals surface area (Å²) in [4.78, 5) is 11.5. The Balaban J connectivity index is 1.96. The predicted octanol–water partition coefficient (Wildman–Crippen LogP) is 2.86. The maximum absolute atomic E-state index is 11.5. The fraction of sp³-hybridized carbons (Fsp3) is 0.562. The first kappa shape index (κ1) is 15.7. The quantitative estimate of drug-likeness (QED) is 0.637. The van der Waals surface area contributed by atoms with Crippen LogP contribution in [0.4, 0.5) is 0 Å². The van der Waals surface area contributed by atoms with Gasteiger partial charge in [-0.25, -0.2) is 0 Å². The number of rotatable bonds is 10. The number of unbranched alkanes of at least 4 members (excludes halogenated alkanes) is 4. The molecule has 0 atom stereocenters. The average molecular weight is 262 g/mol. The molecule has 1 amide bonds. The SMILES string of the molecule is CCCCCCCNC(=O)CNCc1ccccc1. The Kier molecular flexibility index (Phi) is 8.73. The van der Waals surface area contributed by atoms with Gasteiger partial charge in [0, 0.05) is 13.1 Å². The number of benzene rings is 1. The van der Waals surface area contributed by atoms with Crippen LogP contribution in [-0.4, -0.2) is 19.0 Å². The number of hydrogen-bond acceptors (Lipinski definition) is 2. The van der Waals surface area contributed by atoms with E-state index in [1.165, 1.54) is 31.2 Å². The molecule has 0 aromatic heterocycles. The third-order valence-electron chi connectivity index (χ3n) is 3.06. The van der Waals surface area contributed by atoms with Gasteiger partial charge in [-0.1, -0.05) is 62.9 Å². The smallest absolute Gasteiger partial charge is 0.233 e. The second-order valence-corrected chi connectivity index (χ2v) is 4.85. The summed E-state index contributed by atoms with van der Waals surface area (Å²) in [7, 11) is 0. The number of carbonyl (C=O) groups excluding carboxylic acids is 1. The molecule has 0 spiro atoms. The largest absolute Gasteiger partial charge is 0.355 e. The van der Waals surface area contributed by atoms with Crippen molar-refractivity contribution in [1.82, 2.24) is 10.6 Å². The minimum Gasteiger partial charge on any atom is -0.355 e. The van der Waals surface area contributed by atoms with Crippen molar-refractivity contribution >= 4 is 5.91 Å². The van der Waals surface area contributed by atoms with Crippen LogP contribution in [0.15, 0.2) is 30.3 Å². The molecule has 0 fully saturated rings. The van der Waals surface area contributed by atoms with Crippen molar-refractivity contribution in [3.8, 4) is 0 Å². The summed E-state index contributed by atoms with van der Waals surface area (Å²) in [6.45, 7) is 4.14. The molecule has 0 aliphatic carbocycles. The van der Waals surface area contributed by atoms with Crippen molar-refractivity contribution in [3.05, 3.63) is 35.9 Å². The van der Waals surface area contributed by atoms with Crippen LogP contribution >= 0.6 is 0 Å². The highest BCUT2D eigenvalue weighted by Crippen LogP contribution is 2.01. The molecule has 3 nitrogen and oxygen atoms in total. The van der Waals surface area contributed by atoms with Crippen molar-refractivity contribution < 1.29 is 4.79 Å². The molecule has 0 saturated carbocycles. The monoisotopic (exact) mass is 262 g/mol. The van der Waals surface area contributed by atoms with Gasteiger partial charge in [-0.05, 0) is 12.0 Å². The van der Waals surface area contributed by atoms with E-state index in [1.807, 2.05) is 18.2 Å². The van der Waals surface area contributed by atoms with Gasteiger partial charge >= 0.3 is 0 Å². The third-order valence-corrected chi connectivity index (χ3v) is 3.06. The molecule has 3 heteroatoms. The summed E-state index contributed by atoms with van der Waals surface area (Å²) in [6, 6.07) is 10.1. The zero-order valence-electron chi connectivity index (χ0n) is 12.0. The van der Waals surface area contributed by atoms with Gasteiger partial charge in [-0.2, -0.15) is 0 Å². The molecule has 0 radical (unpaired) electrons. The second kappa shape index (κ2) is 10.6. The van der Waals surface area contributed by atoms with Gasteiger partial charge in [0.2, 0.25) is 5.91 Å².